The van der Waals surface area contributed by atoms with Crippen LogP contribution in [-0.4, -0.2) is 23.2 Å². The maximum absolute atomic E-state index is 6.01. The summed E-state index contributed by atoms with van der Waals surface area (Å²) in [5.41, 5.74) is 2.10. The van der Waals surface area contributed by atoms with Crippen LogP contribution in [0.5, 0.6) is 0 Å². The number of para-hydroxylation sites is 1. The lowest BCUT2D eigenvalue weighted by Gasteiger charge is -2.20. The summed E-state index contributed by atoms with van der Waals surface area (Å²) < 4.78 is 7.01. The van der Waals surface area contributed by atoms with Crippen LogP contribution < -0.4 is 5.32 Å². The van der Waals surface area contributed by atoms with Crippen molar-refractivity contribution >= 4 is 32.5 Å². The van der Waals surface area contributed by atoms with Crippen molar-refractivity contribution in [2.45, 2.75) is 38.4 Å². The van der Waals surface area contributed by atoms with Crippen molar-refractivity contribution in [3.8, 4) is 0 Å². The van der Waals surface area contributed by atoms with Crippen LogP contribution in [-0.2, 0) is 4.74 Å². The molecule has 106 valence electrons. The second-order valence-corrected chi connectivity index (χ2v) is 6.87. The van der Waals surface area contributed by atoms with E-state index in [0.717, 1.165) is 40.4 Å². The Morgan fingerprint density at radius 2 is 2.30 bits per heavy atom. The summed E-state index contributed by atoms with van der Waals surface area (Å²) in [4.78, 5) is 4.50. The minimum atomic E-state index is 0.0220. The Morgan fingerprint density at radius 1 is 1.45 bits per heavy atom. The molecule has 1 aromatic heterocycles. The Labute approximate surface area is 127 Å². The molecule has 0 bridgehead atoms. The number of hydrogen-bond donors (Lipinski definition) is 1. The van der Waals surface area contributed by atoms with Crippen molar-refractivity contribution in [2.75, 3.05) is 11.9 Å². The third-order valence-electron chi connectivity index (χ3n) is 3.75. The number of ether oxygens (including phenoxy) is 1. The van der Waals surface area contributed by atoms with E-state index in [1.165, 1.54) is 0 Å². The van der Waals surface area contributed by atoms with Gasteiger partial charge in [-0.05, 0) is 54.8 Å². The SMILES string of the molecule is CC1(C)CCC(CNc2cccc3cc(Br)cnc23)O1. The third kappa shape index (κ3) is 2.96. The third-order valence-corrected chi connectivity index (χ3v) is 4.19. The largest absolute Gasteiger partial charge is 0.381 e. The number of halogens is 1. The molecule has 1 unspecified atom stereocenters. The number of fused-ring (bicyclic) bond motifs is 1. The number of nitrogens with one attached hydrogen (secondary N) is 1. The highest BCUT2D eigenvalue weighted by Crippen LogP contribution is 2.30. The summed E-state index contributed by atoms with van der Waals surface area (Å²) in [6, 6.07) is 8.29. The Balaban J connectivity index is 1.75. The second-order valence-electron chi connectivity index (χ2n) is 5.95. The Morgan fingerprint density at radius 3 is 3.05 bits per heavy atom. The van der Waals surface area contributed by atoms with Gasteiger partial charge in [0.1, 0.15) is 0 Å². The molecular weight excluding hydrogens is 316 g/mol. The van der Waals surface area contributed by atoms with Crippen LogP contribution >= 0.6 is 15.9 Å². The normalized spacial score (nSPS) is 21.2. The molecule has 1 N–H and O–H groups in total. The zero-order valence-corrected chi connectivity index (χ0v) is 13.4. The minimum absolute atomic E-state index is 0.0220. The second kappa shape index (κ2) is 5.34. The molecule has 0 spiro atoms. The summed E-state index contributed by atoms with van der Waals surface area (Å²) in [5.74, 6) is 0. The molecule has 3 rings (SSSR count). The predicted molar refractivity (Wildman–Crippen MR) is 86.1 cm³/mol. The molecule has 1 saturated heterocycles. The fraction of sp³-hybridized carbons (Fsp3) is 0.438. The van der Waals surface area contributed by atoms with Crippen LogP contribution in [0, 0.1) is 0 Å². The number of aromatic nitrogens is 1. The summed E-state index contributed by atoms with van der Waals surface area (Å²) in [5, 5.41) is 4.62. The van der Waals surface area contributed by atoms with Crippen molar-refractivity contribution in [1.29, 1.82) is 0 Å². The quantitative estimate of drug-likeness (QED) is 0.905. The highest BCUT2D eigenvalue weighted by atomic mass is 79.9. The average molecular weight is 335 g/mol. The van der Waals surface area contributed by atoms with Crippen molar-refractivity contribution < 1.29 is 4.74 Å². The lowest BCUT2D eigenvalue weighted by molar-refractivity contribution is -0.00909. The number of anilines is 1. The summed E-state index contributed by atoms with van der Waals surface area (Å²) in [6.45, 7) is 5.15. The fourth-order valence-electron chi connectivity index (χ4n) is 2.72. The maximum Gasteiger partial charge on any atom is 0.0934 e. The first-order valence-corrected chi connectivity index (χ1v) is 7.79. The summed E-state index contributed by atoms with van der Waals surface area (Å²) >= 11 is 3.46. The van der Waals surface area contributed by atoms with Crippen molar-refractivity contribution in [3.05, 3.63) is 34.9 Å². The molecule has 0 amide bonds. The molecule has 3 nitrogen and oxygen atoms in total. The molecule has 2 heterocycles. The first kappa shape index (κ1) is 13.8. The van der Waals surface area contributed by atoms with E-state index < -0.39 is 0 Å². The van der Waals surface area contributed by atoms with Gasteiger partial charge in [0.15, 0.2) is 0 Å². The summed E-state index contributed by atoms with van der Waals surface area (Å²) in [7, 11) is 0. The monoisotopic (exact) mass is 334 g/mol. The van der Waals surface area contributed by atoms with E-state index in [9.17, 15) is 0 Å². The van der Waals surface area contributed by atoms with Gasteiger partial charge in [0, 0.05) is 22.6 Å². The number of hydrogen-bond acceptors (Lipinski definition) is 3. The Bertz CT molecular complexity index is 627. The van der Waals surface area contributed by atoms with E-state index in [0.29, 0.717) is 0 Å². The minimum Gasteiger partial charge on any atom is -0.381 e. The highest BCUT2D eigenvalue weighted by Gasteiger charge is 2.31. The molecule has 1 aliphatic heterocycles. The molecule has 1 aromatic carbocycles. The van der Waals surface area contributed by atoms with Crippen LogP contribution in [0.25, 0.3) is 10.9 Å². The van der Waals surface area contributed by atoms with Gasteiger partial charge in [-0.1, -0.05) is 12.1 Å². The van der Waals surface area contributed by atoms with Gasteiger partial charge in [0.05, 0.1) is 22.9 Å². The molecular formula is C16H19BrN2O. The van der Waals surface area contributed by atoms with Crippen LogP contribution in [0.1, 0.15) is 26.7 Å². The number of nitrogens with zero attached hydrogens (tertiary/aromatic N) is 1. The Hall–Kier alpha value is -1.13. The zero-order chi connectivity index (χ0) is 14.2. The van der Waals surface area contributed by atoms with Gasteiger partial charge in [-0.3, -0.25) is 4.98 Å². The molecule has 1 aliphatic rings. The van der Waals surface area contributed by atoms with Crippen molar-refractivity contribution in [1.82, 2.24) is 4.98 Å². The Kier molecular flexibility index (Phi) is 3.69. The molecule has 1 fully saturated rings. The summed E-state index contributed by atoms with van der Waals surface area (Å²) in [6.07, 6.45) is 4.36. The predicted octanol–water partition coefficient (Wildman–Crippen LogP) is 4.37. The van der Waals surface area contributed by atoms with Gasteiger partial charge in [0.2, 0.25) is 0 Å². The number of benzene rings is 1. The van der Waals surface area contributed by atoms with E-state index in [2.05, 4.69) is 64.3 Å². The van der Waals surface area contributed by atoms with Gasteiger partial charge in [-0.15, -0.1) is 0 Å². The van der Waals surface area contributed by atoms with Gasteiger partial charge in [-0.25, -0.2) is 0 Å². The number of rotatable bonds is 3. The fourth-order valence-corrected chi connectivity index (χ4v) is 3.07. The molecule has 0 saturated carbocycles. The van der Waals surface area contributed by atoms with Crippen molar-refractivity contribution in [2.24, 2.45) is 0 Å². The zero-order valence-electron chi connectivity index (χ0n) is 11.8. The first-order valence-electron chi connectivity index (χ1n) is 6.99. The van der Waals surface area contributed by atoms with Crippen LogP contribution in [0.2, 0.25) is 0 Å². The highest BCUT2D eigenvalue weighted by molar-refractivity contribution is 9.10. The van der Waals surface area contributed by atoms with E-state index in [1.807, 2.05) is 6.20 Å². The molecule has 0 aliphatic carbocycles. The van der Waals surface area contributed by atoms with E-state index in [-0.39, 0.29) is 11.7 Å². The van der Waals surface area contributed by atoms with Crippen LogP contribution in [0.15, 0.2) is 34.9 Å². The van der Waals surface area contributed by atoms with E-state index in [1.54, 1.807) is 0 Å². The standard InChI is InChI=1S/C16H19BrN2O/c1-16(2)7-6-13(20-16)10-18-14-5-3-4-11-8-12(17)9-19-15(11)14/h3-5,8-9,13,18H,6-7,10H2,1-2H3. The van der Waals surface area contributed by atoms with E-state index >= 15 is 0 Å². The topological polar surface area (TPSA) is 34.2 Å². The average Bonchev–Trinajstić information content (AvgIpc) is 2.75. The van der Waals surface area contributed by atoms with Gasteiger partial charge in [-0.2, -0.15) is 0 Å². The lowest BCUT2D eigenvalue weighted by atomic mass is 10.1. The maximum atomic E-state index is 6.01. The smallest absolute Gasteiger partial charge is 0.0934 e. The van der Waals surface area contributed by atoms with Crippen LogP contribution in [0.4, 0.5) is 5.69 Å². The molecule has 0 radical (unpaired) electrons. The molecule has 20 heavy (non-hydrogen) atoms. The van der Waals surface area contributed by atoms with Gasteiger partial charge < -0.3 is 10.1 Å². The van der Waals surface area contributed by atoms with Gasteiger partial charge >= 0.3 is 0 Å². The van der Waals surface area contributed by atoms with Crippen LogP contribution in [0.3, 0.4) is 0 Å². The molecule has 1 atom stereocenters. The first-order chi connectivity index (χ1) is 9.53. The lowest BCUT2D eigenvalue weighted by Crippen LogP contribution is -2.24. The van der Waals surface area contributed by atoms with Crippen molar-refractivity contribution in [3.63, 3.8) is 0 Å². The number of pyridine rings is 1. The molecule has 4 heteroatoms. The van der Waals surface area contributed by atoms with E-state index in [4.69, 9.17) is 4.74 Å². The van der Waals surface area contributed by atoms with Gasteiger partial charge in [0.25, 0.3) is 0 Å². The molecule has 2 aromatic rings.